The summed E-state index contributed by atoms with van der Waals surface area (Å²) in [6, 6.07) is -13.8. The van der Waals surface area contributed by atoms with Crippen LogP contribution in [-0.4, -0.2) is 217 Å². The molecule has 138 heavy (non-hydrogen) atoms. The van der Waals surface area contributed by atoms with Crippen molar-refractivity contribution in [3.8, 4) is 0 Å². The molecule has 91 heteroatoms. The van der Waals surface area contributed by atoms with E-state index in [1.165, 1.54) is 19.3 Å². The number of ether oxygens (including phenoxy) is 11. The fraction of sp³-hybridized carbons (Fsp3) is 0.851. The van der Waals surface area contributed by atoms with E-state index >= 15 is 0 Å². The average molecular weight is 2290 g/mol. The van der Waals surface area contributed by atoms with E-state index < -0.39 is 258 Å². The average Bonchev–Trinajstić information content (AvgIpc) is 1.52. The second-order valence-electron chi connectivity index (χ2n) is 22.2. The van der Waals surface area contributed by atoms with Gasteiger partial charge in [-0.2, -0.15) is 281 Å². The number of rotatable bonds is 29. The molecular weight excluding hydrogens is 2260 g/mol. The molecule has 0 radical (unpaired) electrons. The Bertz CT molecular complexity index is 3380. The first-order chi connectivity index (χ1) is 56.2. The minimum Gasteiger partial charge on any atom is -1.00 e. The molecule has 20 nitrogen and oxygen atoms in total. The fourth-order valence-corrected chi connectivity index (χ4v) is 4.90. The zero-order chi connectivity index (χ0) is 110. The van der Waals surface area contributed by atoms with Crippen molar-refractivity contribution in [2.45, 2.75) is 249 Å². The Morgan fingerprint density at radius 3 is 0.493 bits per heavy atom. The van der Waals surface area contributed by atoms with Crippen molar-refractivity contribution >= 4 is 39.2 Å². The molecule has 0 aromatic rings. The minimum absolute atomic E-state index is 0. The van der Waals surface area contributed by atoms with E-state index in [2.05, 4.69) is 14.2 Å². The third kappa shape index (κ3) is 45.2. The SMILES string of the molecule is C1CC1.CC(=O)F.CC(F)(F)OC(F)(C(F)(F)F)C(F)(F)OC(F)(C(=O)F)C(F)(F)F.CC(F)(F)OC(F)(C(F)(F)F)C(F)(F)OC(F)(C(=O)F)C(F)(F)F.CC(F)(F)OC(F)(C(F)(F)F)C(F)(F)OC(F)(C(=O)[O-])C(F)(F)F.CC(F)(F)OC(F)(C(F)(F)F)C(F)(F)OC(F)(C(=O)[O-])C(F)(F)F.CC(F)(F)OC(F)(C(F)(F)F)C(F)(F)OC(F)=C(F)F.CC1(F)OC1(F)F.F.O=P.[F-].[Na+].[Na+].[Na+].[OH-]. The summed E-state index contributed by atoms with van der Waals surface area (Å²) in [5.41, 5.74) is 0. The molecule has 0 bridgehead atoms. The largest absolute Gasteiger partial charge is 1.00 e. The number of alkyl halides is 59. The van der Waals surface area contributed by atoms with Crippen LogP contribution in [0.5, 0.6) is 0 Å². The number of carboxylic acid groups (broad SMARTS) is 2. The Hall–Kier alpha value is -4.54. The molecule has 1 N–H and O–H groups in total. The van der Waals surface area contributed by atoms with Crippen molar-refractivity contribution in [1.29, 1.82) is 0 Å². The number of carbonyl (C=O) groups is 5. The molecule has 1 heterocycles. The van der Waals surface area contributed by atoms with Crippen LogP contribution in [0.25, 0.3) is 0 Å². The van der Waals surface area contributed by atoms with E-state index in [1.54, 1.807) is 28.1 Å². The van der Waals surface area contributed by atoms with Crippen molar-refractivity contribution in [3.05, 3.63) is 12.1 Å². The minimum atomic E-state index is -7.28. The van der Waals surface area contributed by atoms with Crippen LogP contribution in [0.4, 0.5) is 290 Å². The maximum absolute atomic E-state index is 13.3. The molecular formula is C47H30F67Na3O20P-. The van der Waals surface area contributed by atoms with E-state index in [0.29, 0.717) is 6.92 Å². The van der Waals surface area contributed by atoms with Crippen LogP contribution in [0.15, 0.2) is 12.1 Å². The molecule has 0 amide bonds. The molecule has 816 valence electrons. The first kappa shape index (κ1) is 161. The smallest absolute Gasteiger partial charge is 1.00 e. The summed E-state index contributed by atoms with van der Waals surface area (Å²) in [4.78, 5) is 48.4. The maximum Gasteiger partial charge on any atom is 1.00 e. The van der Waals surface area contributed by atoms with Gasteiger partial charge in [-0.15, -0.1) is 0 Å². The van der Waals surface area contributed by atoms with E-state index in [-0.39, 0.29) is 104 Å². The standard InChI is InChI=1S/2C8H3F13O3.2C8H4F12O4.C7H3F11O2.C3H3F3O.C3H6.C2H3FO.2FH.3Na.HOP.H2O/c2*1-3(10,11)23-5(13,7(17,18)19)8(20,21)24-4(12,2(9)22)6(14,15)16;2*1-3(9,10)23-5(12,7(16,17)18)8(19,20)24-4(11,2(21)22)6(13,14)15;1-4(11,12)20-5(13,6(14,15)16)7(17,18)19-3(10)2(8)9;1-2(4)3(5,6)7-2;1-2-3-1;1-2(3)4;;;;;;1-2;/h2*1H3;2*1H3,(H,21,22);1H3;1H3;1-3H2;1H3;2*1H;;;;2H;1H2/q;;;;;;;;;;3*+1;;/p-4. The Labute approximate surface area is 777 Å². The Morgan fingerprint density at radius 2 is 0.413 bits per heavy atom. The molecule has 10 atom stereocenters. The van der Waals surface area contributed by atoms with Gasteiger partial charge in [0.15, 0.2) is 0 Å². The van der Waals surface area contributed by atoms with Gasteiger partial charge in [-0.3, -0.25) is 71.0 Å². The molecule has 0 spiro atoms. The van der Waals surface area contributed by atoms with E-state index in [4.69, 9.17) is 9.36 Å². The van der Waals surface area contributed by atoms with Crippen molar-refractivity contribution in [2.24, 2.45) is 0 Å². The maximum atomic E-state index is 13.3. The third-order valence-electron chi connectivity index (χ3n) is 10.4. The summed E-state index contributed by atoms with van der Waals surface area (Å²) in [6.07, 6.45) is -129. The quantitative estimate of drug-likeness (QED) is 0.0168. The number of aliphatic carboxylic acids is 2. The van der Waals surface area contributed by atoms with Gasteiger partial charge in [-0.1, -0.05) is 19.3 Å². The number of carboxylic acids is 2. The first-order valence-electron chi connectivity index (χ1n) is 28.4. The summed E-state index contributed by atoms with van der Waals surface area (Å²) < 4.78 is 833. The van der Waals surface area contributed by atoms with Crippen molar-refractivity contribution in [2.75, 3.05) is 0 Å². The van der Waals surface area contributed by atoms with Crippen LogP contribution in [0, 0.1) is 0 Å². The third-order valence-corrected chi connectivity index (χ3v) is 10.4. The zero-order valence-corrected chi connectivity index (χ0v) is 71.7. The van der Waals surface area contributed by atoms with Gasteiger partial charge in [0.05, 0.1) is 0 Å². The molecule has 0 aromatic carbocycles. The zero-order valence-electron chi connectivity index (χ0n) is 64.7. The number of halogens is 67. The molecule has 1 saturated carbocycles. The number of carbonyl (C=O) groups excluding carboxylic acids is 5. The van der Waals surface area contributed by atoms with Crippen molar-refractivity contribution in [3.63, 3.8) is 0 Å². The summed E-state index contributed by atoms with van der Waals surface area (Å²) >= 11 is 0. The van der Waals surface area contributed by atoms with Gasteiger partial charge in [0.1, 0.15) is 21.1 Å². The Kier molecular flexibility index (Phi) is 60.4. The van der Waals surface area contributed by atoms with E-state index in [9.17, 15) is 315 Å². The summed E-state index contributed by atoms with van der Waals surface area (Å²) in [6.45, 7) is -1.94. The Morgan fingerprint density at radius 1 is 0.290 bits per heavy atom. The normalized spacial score (nSPS) is 19.1. The van der Waals surface area contributed by atoms with E-state index in [1.807, 2.05) is 18.9 Å². The monoisotopic (exact) mass is 2290 g/mol. The van der Waals surface area contributed by atoms with Crippen LogP contribution >= 0.6 is 9.12 Å². The second kappa shape index (κ2) is 51.7. The van der Waals surface area contributed by atoms with E-state index in [0.717, 1.165) is 6.92 Å². The van der Waals surface area contributed by atoms with Crippen molar-refractivity contribution < 1.29 is 480 Å². The van der Waals surface area contributed by atoms with Crippen LogP contribution in [-0.2, 0) is 80.6 Å². The predicted molar refractivity (Wildman–Crippen MR) is 265 cm³/mol. The summed E-state index contributed by atoms with van der Waals surface area (Å²) in [7, 11) is 1.72. The molecule has 2 rings (SSSR count). The first-order valence-corrected chi connectivity index (χ1v) is 28.8. The summed E-state index contributed by atoms with van der Waals surface area (Å²) in [5, 5.41) is 19.9. The molecule has 1 saturated heterocycles. The predicted octanol–water partition coefficient (Wildman–Crippen LogP) is 9.14. The van der Waals surface area contributed by atoms with Gasteiger partial charge < -0.3 is 34.7 Å². The number of epoxide rings is 1. The van der Waals surface area contributed by atoms with Crippen molar-refractivity contribution in [1.82, 2.24) is 0 Å². The molecule has 1 aliphatic carbocycles. The Balaban J connectivity index is -0.000000122. The molecule has 1 aliphatic heterocycles. The van der Waals surface area contributed by atoms with Crippen LogP contribution in [0.1, 0.15) is 67.7 Å². The van der Waals surface area contributed by atoms with Gasteiger partial charge in [-0.05, 0) is 0 Å². The number of hydrogen-bond donors (Lipinski definition) is 0. The molecule has 2 fully saturated rings. The molecule has 10 unspecified atom stereocenters. The summed E-state index contributed by atoms with van der Waals surface area (Å²) in [5.74, 6) is -72.9. The molecule has 2 aliphatic rings. The van der Waals surface area contributed by atoms with Crippen LogP contribution < -0.4 is 104 Å². The fourth-order valence-electron chi connectivity index (χ4n) is 4.90. The van der Waals surface area contributed by atoms with Gasteiger partial charge in [-0.25, -0.2) is 4.39 Å². The second-order valence-corrected chi connectivity index (χ2v) is 22.2. The van der Waals surface area contributed by atoms with Gasteiger partial charge in [0, 0.05) is 48.5 Å². The topological polar surface area (TPSA) is 283 Å². The number of hydrogen-bond acceptors (Lipinski definition) is 20. The van der Waals surface area contributed by atoms with Gasteiger partial charge >= 0.3 is 294 Å². The molecule has 0 aromatic heterocycles. The van der Waals surface area contributed by atoms with Crippen LogP contribution in [0.2, 0.25) is 0 Å². The van der Waals surface area contributed by atoms with Gasteiger partial charge in [0.25, 0.3) is 6.04 Å². The van der Waals surface area contributed by atoms with Gasteiger partial charge in [0.2, 0.25) is 0 Å². The van der Waals surface area contributed by atoms with Crippen LogP contribution in [0.3, 0.4) is 0 Å².